The Hall–Kier alpha value is -2.30. The van der Waals surface area contributed by atoms with Crippen molar-refractivity contribution >= 4 is 17.4 Å². The Bertz CT molecular complexity index is 617. The Kier molecular flexibility index (Phi) is 5.08. The SMILES string of the molecule is C=CCC1CN(C(=O)OC(C)(C)C)CC=C1c1cncc(N)c1. The molecule has 0 bridgehead atoms. The maximum atomic E-state index is 12.3. The lowest BCUT2D eigenvalue weighted by Gasteiger charge is -2.34. The van der Waals surface area contributed by atoms with Gasteiger partial charge >= 0.3 is 6.09 Å². The third kappa shape index (κ3) is 4.58. The summed E-state index contributed by atoms with van der Waals surface area (Å²) in [5.41, 5.74) is 8.13. The average Bonchev–Trinajstić information content (AvgIpc) is 2.45. The second-order valence-electron chi connectivity index (χ2n) is 6.77. The van der Waals surface area contributed by atoms with Gasteiger partial charge in [-0.25, -0.2) is 4.79 Å². The molecular formula is C18H25N3O2. The number of nitrogen functional groups attached to an aromatic ring is 1. The van der Waals surface area contributed by atoms with Crippen LogP contribution in [0.25, 0.3) is 5.57 Å². The van der Waals surface area contributed by atoms with E-state index >= 15 is 0 Å². The van der Waals surface area contributed by atoms with Gasteiger partial charge in [0.1, 0.15) is 5.60 Å². The molecule has 1 aliphatic rings. The van der Waals surface area contributed by atoms with Crippen molar-refractivity contribution in [1.29, 1.82) is 0 Å². The molecule has 1 amide bonds. The highest BCUT2D eigenvalue weighted by Crippen LogP contribution is 2.31. The molecule has 0 saturated carbocycles. The second-order valence-corrected chi connectivity index (χ2v) is 6.77. The number of allylic oxidation sites excluding steroid dienone is 1. The lowest BCUT2D eigenvalue weighted by molar-refractivity contribution is 0.0249. The zero-order valence-electron chi connectivity index (χ0n) is 14.1. The number of hydrogen-bond acceptors (Lipinski definition) is 4. The van der Waals surface area contributed by atoms with Gasteiger partial charge in [-0.2, -0.15) is 0 Å². The normalized spacial score (nSPS) is 18.3. The van der Waals surface area contributed by atoms with Gasteiger partial charge in [-0.3, -0.25) is 4.98 Å². The fourth-order valence-electron chi connectivity index (χ4n) is 2.66. The lowest BCUT2D eigenvalue weighted by atomic mass is 9.87. The number of nitrogens with zero attached hydrogens (tertiary/aromatic N) is 2. The van der Waals surface area contributed by atoms with Gasteiger partial charge in [0.05, 0.1) is 5.69 Å². The average molecular weight is 315 g/mol. The van der Waals surface area contributed by atoms with Crippen LogP contribution in [0.3, 0.4) is 0 Å². The standard InChI is InChI=1S/C18H25N3O2/c1-5-6-13-12-21(17(22)23-18(2,3)4)8-7-16(13)14-9-15(19)11-20-10-14/h5,7,9-11,13H,1,6,8,12,19H2,2-4H3. The summed E-state index contributed by atoms with van der Waals surface area (Å²) in [5, 5.41) is 0. The minimum Gasteiger partial charge on any atom is -0.444 e. The molecule has 23 heavy (non-hydrogen) atoms. The first-order valence-electron chi connectivity index (χ1n) is 7.80. The Morgan fingerprint density at radius 3 is 2.87 bits per heavy atom. The number of anilines is 1. The van der Waals surface area contributed by atoms with Crippen LogP contribution in [0.1, 0.15) is 32.8 Å². The maximum Gasteiger partial charge on any atom is 0.410 e. The van der Waals surface area contributed by atoms with E-state index < -0.39 is 5.60 Å². The van der Waals surface area contributed by atoms with Crippen molar-refractivity contribution in [3.05, 3.63) is 42.8 Å². The van der Waals surface area contributed by atoms with E-state index in [1.807, 2.05) is 32.9 Å². The van der Waals surface area contributed by atoms with Crippen molar-refractivity contribution in [2.24, 2.45) is 5.92 Å². The molecule has 1 atom stereocenters. The monoisotopic (exact) mass is 315 g/mol. The molecule has 1 unspecified atom stereocenters. The molecule has 1 aliphatic heterocycles. The fourth-order valence-corrected chi connectivity index (χ4v) is 2.66. The first kappa shape index (κ1) is 17.1. The summed E-state index contributed by atoms with van der Waals surface area (Å²) in [5.74, 6) is 0.164. The summed E-state index contributed by atoms with van der Waals surface area (Å²) in [7, 11) is 0. The van der Waals surface area contributed by atoms with Crippen molar-refractivity contribution in [2.45, 2.75) is 32.8 Å². The predicted molar refractivity (Wildman–Crippen MR) is 92.7 cm³/mol. The molecule has 0 aromatic carbocycles. The maximum absolute atomic E-state index is 12.3. The van der Waals surface area contributed by atoms with Crippen LogP contribution in [-0.4, -0.2) is 34.7 Å². The van der Waals surface area contributed by atoms with Crippen LogP contribution in [0.15, 0.2) is 37.2 Å². The van der Waals surface area contributed by atoms with E-state index in [1.165, 1.54) is 0 Å². The molecule has 5 nitrogen and oxygen atoms in total. The molecule has 5 heteroatoms. The van der Waals surface area contributed by atoms with Crippen molar-refractivity contribution < 1.29 is 9.53 Å². The molecule has 1 aromatic rings. The largest absolute Gasteiger partial charge is 0.444 e. The second kappa shape index (κ2) is 6.86. The molecule has 124 valence electrons. The Balaban J connectivity index is 2.21. The van der Waals surface area contributed by atoms with Crippen LogP contribution in [0.5, 0.6) is 0 Å². The number of amides is 1. The summed E-state index contributed by atoms with van der Waals surface area (Å²) >= 11 is 0. The third-order valence-corrected chi connectivity index (χ3v) is 3.61. The number of pyridine rings is 1. The molecule has 0 saturated heterocycles. The van der Waals surface area contributed by atoms with E-state index in [0.29, 0.717) is 18.8 Å². The Labute approximate surface area is 137 Å². The summed E-state index contributed by atoms with van der Waals surface area (Å²) in [6.45, 7) is 10.6. The summed E-state index contributed by atoms with van der Waals surface area (Å²) in [6.07, 6.45) is 7.85. The lowest BCUT2D eigenvalue weighted by Crippen LogP contribution is -2.42. The van der Waals surface area contributed by atoms with Crippen molar-refractivity contribution in [1.82, 2.24) is 9.88 Å². The van der Waals surface area contributed by atoms with Crippen LogP contribution in [-0.2, 0) is 4.74 Å². The molecule has 2 N–H and O–H groups in total. The molecule has 0 spiro atoms. The predicted octanol–water partition coefficient (Wildman–Crippen LogP) is 3.49. The van der Waals surface area contributed by atoms with Crippen molar-refractivity contribution in [3.63, 3.8) is 0 Å². The number of aromatic nitrogens is 1. The van der Waals surface area contributed by atoms with Gasteiger partial charge in [0.25, 0.3) is 0 Å². The molecule has 0 aliphatic carbocycles. The number of nitrogens with two attached hydrogens (primary N) is 1. The fraction of sp³-hybridized carbons (Fsp3) is 0.444. The van der Waals surface area contributed by atoms with Gasteiger partial charge in [-0.15, -0.1) is 6.58 Å². The molecule has 1 aromatic heterocycles. The van der Waals surface area contributed by atoms with Crippen LogP contribution in [0.2, 0.25) is 0 Å². The summed E-state index contributed by atoms with van der Waals surface area (Å²) in [6, 6.07) is 1.91. The Morgan fingerprint density at radius 1 is 1.52 bits per heavy atom. The van der Waals surface area contributed by atoms with Crippen LogP contribution in [0.4, 0.5) is 10.5 Å². The zero-order chi connectivity index (χ0) is 17.0. The first-order chi connectivity index (χ1) is 10.8. The summed E-state index contributed by atoms with van der Waals surface area (Å²) < 4.78 is 5.46. The number of rotatable bonds is 3. The number of carbonyl (C=O) groups is 1. The van der Waals surface area contributed by atoms with Gasteiger partial charge in [0.2, 0.25) is 0 Å². The van der Waals surface area contributed by atoms with Crippen molar-refractivity contribution in [3.8, 4) is 0 Å². The van der Waals surface area contributed by atoms with Gasteiger partial charge in [-0.05, 0) is 44.4 Å². The first-order valence-corrected chi connectivity index (χ1v) is 7.80. The van der Waals surface area contributed by atoms with E-state index in [2.05, 4.69) is 17.6 Å². The van der Waals surface area contributed by atoms with E-state index in [4.69, 9.17) is 10.5 Å². The molecule has 0 radical (unpaired) electrons. The van der Waals surface area contributed by atoms with Crippen LogP contribution >= 0.6 is 0 Å². The Morgan fingerprint density at radius 2 is 2.26 bits per heavy atom. The molecular weight excluding hydrogens is 290 g/mol. The van der Waals surface area contributed by atoms with E-state index in [1.54, 1.807) is 17.3 Å². The molecule has 2 rings (SSSR count). The topological polar surface area (TPSA) is 68.5 Å². The van der Waals surface area contributed by atoms with Gasteiger partial charge in [0.15, 0.2) is 0 Å². The highest BCUT2D eigenvalue weighted by molar-refractivity contribution is 5.74. The van der Waals surface area contributed by atoms with Gasteiger partial charge < -0.3 is 15.4 Å². The molecule has 2 heterocycles. The van der Waals surface area contributed by atoms with E-state index in [0.717, 1.165) is 17.6 Å². The van der Waals surface area contributed by atoms with Crippen LogP contribution in [0, 0.1) is 5.92 Å². The van der Waals surface area contributed by atoms with Gasteiger partial charge in [0, 0.05) is 31.4 Å². The van der Waals surface area contributed by atoms with Gasteiger partial charge in [-0.1, -0.05) is 12.2 Å². The van der Waals surface area contributed by atoms with Crippen LogP contribution < -0.4 is 5.73 Å². The number of ether oxygens (including phenoxy) is 1. The van der Waals surface area contributed by atoms with E-state index in [9.17, 15) is 4.79 Å². The highest BCUT2D eigenvalue weighted by Gasteiger charge is 2.29. The smallest absolute Gasteiger partial charge is 0.410 e. The third-order valence-electron chi connectivity index (χ3n) is 3.61. The highest BCUT2D eigenvalue weighted by atomic mass is 16.6. The zero-order valence-corrected chi connectivity index (χ0v) is 14.1. The number of hydrogen-bond donors (Lipinski definition) is 1. The van der Waals surface area contributed by atoms with E-state index in [-0.39, 0.29) is 12.0 Å². The van der Waals surface area contributed by atoms with Crippen molar-refractivity contribution in [2.75, 3.05) is 18.8 Å². The number of carbonyl (C=O) groups excluding carboxylic acids is 1. The minimum atomic E-state index is -0.493. The quantitative estimate of drug-likeness (QED) is 0.867. The summed E-state index contributed by atoms with van der Waals surface area (Å²) in [4.78, 5) is 18.2. The minimum absolute atomic E-state index is 0.164. The molecule has 0 fully saturated rings.